The molecule has 0 atom stereocenters. The summed E-state index contributed by atoms with van der Waals surface area (Å²) < 4.78 is 5.96. The quantitative estimate of drug-likeness (QED) is 0.508. The van der Waals surface area contributed by atoms with Crippen molar-refractivity contribution in [1.82, 2.24) is 5.32 Å². The summed E-state index contributed by atoms with van der Waals surface area (Å²) >= 11 is 17.7. The molecular formula is C21H17Cl2NOS. The first-order valence-corrected chi connectivity index (χ1v) is 9.28. The molecule has 3 aromatic carbocycles. The molecule has 0 bridgehead atoms. The van der Waals surface area contributed by atoms with E-state index in [-0.39, 0.29) is 0 Å². The van der Waals surface area contributed by atoms with Gasteiger partial charge in [0.25, 0.3) is 0 Å². The van der Waals surface area contributed by atoms with Gasteiger partial charge in [0.1, 0.15) is 17.3 Å². The SMILES string of the molecule is S=C(NCc1ccccc1)c1ccccc1OCc1ccc(Cl)cc1Cl. The number of hydrogen-bond donors (Lipinski definition) is 1. The molecule has 0 heterocycles. The number of nitrogens with one attached hydrogen (secondary N) is 1. The Hall–Kier alpha value is -2.07. The molecular weight excluding hydrogens is 385 g/mol. The Morgan fingerprint density at radius 1 is 0.923 bits per heavy atom. The van der Waals surface area contributed by atoms with Crippen LogP contribution in [0.5, 0.6) is 5.75 Å². The fraction of sp³-hybridized carbons (Fsp3) is 0.0952. The molecule has 0 saturated carbocycles. The van der Waals surface area contributed by atoms with Crippen molar-refractivity contribution >= 4 is 40.4 Å². The van der Waals surface area contributed by atoms with Crippen LogP contribution in [0.3, 0.4) is 0 Å². The number of para-hydroxylation sites is 1. The van der Waals surface area contributed by atoms with E-state index in [1.807, 2.05) is 48.5 Å². The van der Waals surface area contributed by atoms with Crippen molar-refractivity contribution < 1.29 is 4.74 Å². The summed E-state index contributed by atoms with van der Waals surface area (Å²) in [6.45, 7) is 1.01. The van der Waals surface area contributed by atoms with Crippen LogP contribution in [-0.4, -0.2) is 4.99 Å². The van der Waals surface area contributed by atoms with Gasteiger partial charge in [0.15, 0.2) is 0 Å². The van der Waals surface area contributed by atoms with E-state index in [4.69, 9.17) is 40.2 Å². The zero-order valence-electron chi connectivity index (χ0n) is 13.9. The van der Waals surface area contributed by atoms with Crippen molar-refractivity contribution in [3.8, 4) is 5.75 Å². The highest BCUT2D eigenvalue weighted by molar-refractivity contribution is 7.80. The lowest BCUT2D eigenvalue weighted by atomic mass is 10.1. The number of hydrogen-bond acceptors (Lipinski definition) is 2. The van der Waals surface area contributed by atoms with Crippen molar-refractivity contribution in [3.63, 3.8) is 0 Å². The molecule has 0 aromatic heterocycles. The van der Waals surface area contributed by atoms with Crippen molar-refractivity contribution in [2.75, 3.05) is 0 Å². The van der Waals surface area contributed by atoms with E-state index in [2.05, 4.69) is 17.4 Å². The van der Waals surface area contributed by atoms with Gasteiger partial charge in [-0.3, -0.25) is 0 Å². The van der Waals surface area contributed by atoms with Crippen molar-refractivity contribution in [3.05, 3.63) is 99.5 Å². The first kappa shape index (κ1) is 18.7. The van der Waals surface area contributed by atoms with Gasteiger partial charge in [0.2, 0.25) is 0 Å². The van der Waals surface area contributed by atoms with Crippen LogP contribution in [0.25, 0.3) is 0 Å². The third kappa shape index (κ3) is 4.98. The van der Waals surface area contributed by atoms with E-state index in [0.717, 1.165) is 11.1 Å². The summed E-state index contributed by atoms with van der Waals surface area (Å²) in [6, 6.07) is 23.2. The van der Waals surface area contributed by atoms with Gasteiger partial charge in [-0.25, -0.2) is 0 Å². The summed E-state index contributed by atoms with van der Waals surface area (Å²) in [6.07, 6.45) is 0. The zero-order valence-corrected chi connectivity index (χ0v) is 16.2. The van der Waals surface area contributed by atoms with Crippen molar-refractivity contribution in [2.24, 2.45) is 0 Å². The number of benzene rings is 3. The normalized spacial score (nSPS) is 10.4. The van der Waals surface area contributed by atoms with Crippen LogP contribution in [0.2, 0.25) is 10.0 Å². The Kier molecular flexibility index (Phi) is 6.51. The van der Waals surface area contributed by atoms with Gasteiger partial charge in [-0.15, -0.1) is 0 Å². The third-order valence-corrected chi connectivity index (χ3v) is 4.78. The predicted octanol–water partition coefficient (Wildman–Crippen LogP) is 6.04. The Morgan fingerprint density at radius 2 is 1.65 bits per heavy atom. The summed E-state index contributed by atoms with van der Waals surface area (Å²) in [4.78, 5) is 0.645. The lowest BCUT2D eigenvalue weighted by molar-refractivity contribution is 0.305. The highest BCUT2D eigenvalue weighted by Crippen LogP contribution is 2.24. The molecule has 0 saturated heterocycles. The maximum Gasteiger partial charge on any atom is 0.129 e. The second-order valence-corrected chi connectivity index (χ2v) is 6.94. The Bertz CT molecular complexity index is 900. The average molecular weight is 402 g/mol. The molecule has 3 rings (SSSR count). The highest BCUT2D eigenvalue weighted by atomic mass is 35.5. The van der Waals surface area contributed by atoms with Crippen molar-refractivity contribution in [2.45, 2.75) is 13.2 Å². The Balaban J connectivity index is 1.68. The van der Waals surface area contributed by atoms with E-state index >= 15 is 0 Å². The molecule has 132 valence electrons. The van der Waals surface area contributed by atoms with Crippen LogP contribution in [0, 0.1) is 0 Å². The fourth-order valence-corrected chi connectivity index (χ4v) is 3.15. The standard InChI is InChI=1S/C21H17Cl2NOS/c22-17-11-10-16(19(23)12-17)14-25-20-9-5-4-8-18(20)21(26)24-13-15-6-2-1-3-7-15/h1-12H,13-14H2,(H,24,26). The molecule has 3 aromatic rings. The molecule has 0 unspecified atom stereocenters. The summed E-state index contributed by atoms with van der Waals surface area (Å²) in [5, 5.41) is 4.47. The first-order chi connectivity index (χ1) is 12.6. The highest BCUT2D eigenvalue weighted by Gasteiger charge is 2.10. The van der Waals surface area contributed by atoms with E-state index in [9.17, 15) is 0 Å². The van der Waals surface area contributed by atoms with Crippen molar-refractivity contribution in [1.29, 1.82) is 0 Å². The van der Waals surface area contributed by atoms with Gasteiger partial charge in [0.05, 0.1) is 5.56 Å². The maximum atomic E-state index is 6.21. The van der Waals surface area contributed by atoms with E-state index in [1.54, 1.807) is 12.1 Å². The molecule has 0 radical (unpaired) electrons. The topological polar surface area (TPSA) is 21.3 Å². The molecule has 2 nitrogen and oxygen atoms in total. The Labute approximate surface area is 168 Å². The number of halogens is 2. The minimum atomic E-state index is 0.342. The lowest BCUT2D eigenvalue weighted by Crippen LogP contribution is -2.22. The van der Waals surface area contributed by atoms with Crippen LogP contribution in [-0.2, 0) is 13.2 Å². The number of rotatable bonds is 6. The predicted molar refractivity (Wildman–Crippen MR) is 112 cm³/mol. The summed E-state index contributed by atoms with van der Waals surface area (Å²) in [5.74, 6) is 0.712. The van der Waals surface area contributed by atoms with Gasteiger partial charge in [-0.05, 0) is 29.8 Å². The van der Waals surface area contributed by atoms with Gasteiger partial charge >= 0.3 is 0 Å². The number of ether oxygens (including phenoxy) is 1. The largest absolute Gasteiger partial charge is 0.488 e. The smallest absolute Gasteiger partial charge is 0.129 e. The van der Waals surface area contributed by atoms with Crippen LogP contribution < -0.4 is 10.1 Å². The fourth-order valence-electron chi connectivity index (χ4n) is 2.45. The minimum Gasteiger partial charge on any atom is -0.488 e. The Morgan fingerprint density at radius 3 is 2.42 bits per heavy atom. The molecule has 0 amide bonds. The van der Waals surface area contributed by atoms with E-state index < -0.39 is 0 Å². The third-order valence-electron chi connectivity index (χ3n) is 3.83. The molecule has 5 heteroatoms. The summed E-state index contributed by atoms with van der Waals surface area (Å²) in [7, 11) is 0. The molecule has 1 N–H and O–H groups in total. The van der Waals surface area contributed by atoms with Gasteiger partial charge in [-0.2, -0.15) is 0 Å². The molecule has 0 fully saturated rings. The molecule has 0 aliphatic heterocycles. The van der Waals surface area contributed by atoms with Gasteiger partial charge < -0.3 is 10.1 Å². The van der Waals surface area contributed by atoms with Gasteiger partial charge in [0, 0.05) is 22.2 Å². The number of thiocarbonyl (C=S) groups is 1. The maximum absolute atomic E-state index is 6.21. The molecule has 0 aliphatic rings. The second-order valence-electron chi connectivity index (χ2n) is 5.69. The van der Waals surface area contributed by atoms with Crippen LogP contribution >= 0.6 is 35.4 Å². The van der Waals surface area contributed by atoms with E-state index in [1.165, 1.54) is 5.56 Å². The minimum absolute atomic E-state index is 0.342. The monoisotopic (exact) mass is 401 g/mol. The summed E-state index contributed by atoms with van der Waals surface area (Å²) in [5.41, 5.74) is 2.89. The molecule has 0 spiro atoms. The van der Waals surface area contributed by atoms with E-state index in [0.29, 0.717) is 33.9 Å². The molecule has 0 aliphatic carbocycles. The lowest BCUT2D eigenvalue weighted by Gasteiger charge is -2.14. The first-order valence-electron chi connectivity index (χ1n) is 8.11. The van der Waals surface area contributed by atoms with Crippen LogP contribution in [0.4, 0.5) is 0 Å². The van der Waals surface area contributed by atoms with Gasteiger partial charge in [-0.1, -0.05) is 84.0 Å². The molecule has 26 heavy (non-hydrogen) atoms. The van der Waals surface area contributed by atoms with Crippen LogP contribution in [0.1, 0.15) is 16.7 Å². The average Bonchev–Trinajstić information content (AvgIpc) is 2.66. The van der Waals surface area contributed by atoms with Crippen LogP contribution in [0.15, 0.2) is 72.8 Å². The second kappa shape index (κ2) is 9.04. The zero-order chi connectivity index (χ0) is 18.4.